The molecule has 9 nitrogen and oxygen atoms in total. The highest BCUT2D eigenvalue weighted by Crippen LogP contribution is 2.31. The number of halogens is 5. The van der Waals surface area contributed by atoms with Gasteiger partial charge in [-0.15, -0.1) is 0 Å². The third-order valence-electron chi connectivity index (χ3n) is 3.92. The number of ether oxygens (including phenoxy) is 2. The monoisotopic (exact) mass is 469 g/mol. The summed E-state index contributed by atoms with van der Waals surface area (Å²) in [6, 6.07) is 2.92. The Morgan fingerprint density at radius 1 is 0.758 bits per heavy atom. The topological polar surface area (TPSA) is 139 Å². The molecule has 2 rings (SSSR count). The molecule has 0 aliphatic rings. The molecule has 0 bridgehead atoms. The Kier molecular flexibility index (Phi) is 7.90. The normalized spacial score (nSPS) is 12.3. The SMILES string of the molecule is CCOC(=O)C(C#N)c1nc(-c2c(F)c(F)c(F)c(F)c2F)nc(C(C#N)C(=O)OCC)n1. The number of esters is 2. The number of hydrogen-bond acceptors (Lipinski definition) is 9. The van der Waals surface area contributed by atoms with Crippen LogP contribution in [-0.2, 0) is 19.1 Å². The number of nitrogens with zero attached hydrogens (tertiary/aromatic N) is 5. The Hall–Kier alpha value is -4.20. The quantitative estimate of drug-likeness (QED) is 0.259. The van der Waals surface area contributed by atoms with Crippen molar-refractivity contribution in [1.29, 1.82) is 10.5 Å². The Morgan fingerprint density at radius 3 is 1.45 bits per heavy atom. The van der Waals surface area contributed by atoms with Crippen LogP contribution < -0.4 is 0 Å². The minimum atomic E-state index is -2.45. The molecule has 1 heterocycles. The molecule has 0 saturated carbocycles. The van der Waals surface area contributed by atoms with Crippen LogP contribution in [0.2, 0.25) is 0 Å². The number of nitriles is 2. The van der Waals surface area contributed by atoms with Gasteiger partial charge in [-0.05, 0) is 13.8 Å². The van der Waals surface area contributed by atoms with E-state index >= 15 is 0 Å². The smallest absolute Gasteiger partial charge is 0.331 e. The standard InChI is InChI=1S/C19H12F5N5O4/c1-3-32-18(30)7(5-25)15-27-16(8(6-26)19(31)33-4-2)29-17(28-15)9-10(20)12(22)14(24)13(23)11(9)21/h7-8H,3-4H2,1-2H3. The summed E-state index contributed by atoms with van der Waals surface area (Å²) in [7, 11) is 0. The van der Waals surface area contributed by atoms with Gasteiger partial charge in [0.05, 0.1) is 30.9 Å². The number of hydrogen-bond donors (Lipinski definition) is 0. The molecule has 2 aromatic rings. The fourth-order valence-electron chi connectivity index (χ4n) is 2.46. The number of rotatable bonds is 7. The summed E-state index contributed by atoms with van der Waals surface area (Å²) >= 11 is 0. The van der Waals surface area contributed by atoms with Crippen molar-refractivity contribution in [2.45, 2.75) is 25.7 Å². The van der Waals surface area contributed by atoms with E-state index in [1.165, 1.54) is 26.0 Å². The van der Waals surface area contributed by atoms with E-state index in [2.05, 4.69) is 24.4 Å². The van der Waals surface area contributed by atoms with Gasteiger partial charge in [-0.3, -0.25) is 9.59 Å². The van der Waals surface area contributed by atoms with Crippen molar-refractivity contribution in [3.05, 3.63) is 40.7 Å². The second-order valence-corrected chi connectivity index (χ2v) is 5.95. The van der Waals surface area contributed by atoms with E-state index in [1.54, 1.807) is 0 Å². The summed E-state index contributed by atoms with van der Waals surface area (Å²) in [6.45, 7) is 2.42. The zero-order valence-electron chi connectivity index (χ0n) is 16.8. The average Bonchev–Trinajstić information content (AvgIpc) is 2.78. The summed E-state index contributed by atoms with van der Waals surface area (Å²) in [5.41, 5.74) is -1.63. The molecular weight excluding hydrogens is 457 g/mol. The zero-order valence-corrected chi connectivity index (χ0v) is 16.8. The fraction of sp³-hybridized carbons (Fsp3) is 0.316. The van der Waals surface area contributed by atoms with E-state index in [-0.39, 0.29) is 13.2 Å². The molecule has 0 fully saturated rings. The molecule has 33 heavy (non-hydrogen) atoms. The molecule has 0 saturated heterocycles. The van der Waals surface area contributed by atoms with E-state index in [1.807, 2.05) is 0 Å². The van der Waals surface area contributed by atoms with Gasteiger partial charge in [0.25, 0.3) is 0 Å². The minimum absolute atomic E-state index is 0.191. The molecule has 0 aliphatic heterocycles. The summed E-state index contributed by atoms with van der Waals surface area (Å²) in [4.78, 5) is 34.8. The van der Waals surface area contributed by atoms with Crippen LogP contribution in [0.3, 0.4) is 0 Å². The Labute approximate surface area is 182 Å². The van der Waals surface area contributed by atoms with Gasteiger partial charge < -0.3 is 9.47 Å². The maximum atomic E-state index is 14.3. The van der Waals surface area contributed by atoms with E-state index < -0.39 is 75.9 Å². The first-order valence-corrected chi connectivity index (χ1v) is 9.02. The van der Waals surface area contributed by atoms with E-state index in [0.717, 1.165) is 0 Å². The second-order valence-electron chi connectivity index (χ2n) is 5.95. The molecule has 14 heteroatoms. The van der Waals surface area contributed by atoms with Crippen LogP contribution in [0.1, 0.15) is 37.3 Å². The van der Waals surface area contributed by atoms with Crippen LogP contribution in [0.4, 0.5) is 22.0 Å². The lowest BCUT2D eigenvalue weighted by Gasteiger charge is -2.14. The third-order valence-corrected chi connectivity index (χ3v) is 3.92. The molecular formula is C19H12F5N5O4. The lowest BCUT2D eigenvalue weighted by atomic mass is 10.1. The summed E-state index contributed by atoms with van der Waals surface area (Å²) in [5, 5.41) is 18.7. The zero-order chi connectivity index (χ0) is 24.9. The Morgan fingerprint density at radius 2 is 1.12 bits per heavy atom. The van der Waals surface area contributed by atoms with Gasteiger partial charge in [0, 0.05) is 0 Å². The van der Waals surface area contributed by atoms with Crippen LogP contribution in [-0.4, -0.2) is 40.1 Å². The predicted molar refractivity (Wildman–Crippen MR) is 95.0 cm³/mol. The molecule has 172 valence electrons. The average molecular weight is 469 g/mol. The largest absolute Gasteiger partial charge is 0.465 e. The Bertz CT molecular complexity index is 1110. The third kappa shape index (κ3) is 4.85. The van der Waals surface area contributed by atoms with Crippen LogP contribution in [0.15, 0.2) is 0 Å². The van der Waals surface area contributed by atoms with Crippen LogP contribution in [0, 0.1) is 51.7 Å². The van der Waals surface area contributed by atoms with Crippen molar-refractivity contribution in [3.63, 3.8) is 0 Å². The summed E-state index contributed by atoms with van der Waals surface area (Å²) < 4.78 is 78.9. The van der Waals surface area contributed by atoms with Crippen molar-refractivity contribution in [2.24, 2.45) is 0 Å². The summed E-state index contributed by atoms with van der Waals surface area (Å²) in [5.74, 6) is -21.0. The van der Waals surface area contributed by atoms with Gasteiger partial charge in [-0.1, -0.05) is 0 Å². The molecule has 2 atom stereocenters. The highest BCUT2D eigenvalue weighted by molar-refractivity contribution is 5.81. The number of aromatic nitrogens is 3. The fourth-order valence-corrected chi connectivity index (χ4v) is 2.46. The highest BCUT2D eigenvalue weighted by Gasteiger charge is 2.34. The first kappa shape index (κ1) is 25.1. The molecule has 0 amide bonds. The summed E-state index contributed by atoms with van der Waals surface area (Å²) in [6.07, 6.45) is 0. The first-order chi connectivity index (χ1) is 15.6. The molecule has 0 aliphatic carbocycles. The van der Waals surface area contributed by atoms with Crippen molar-refractivity contribution in [2.75, 3.05) is 13.2 Å². The number of benzene rings is 1. The van der Waals surface area contributed by atoms with Crippen molar-refractivity contribution in [3.8, 4) is 23.5 Å². The second kappa shape index (κ2) is 10.4. The Balaban J connectivity index is 2.88. The molecule has 1 aromatic carbocycles. The van der Waals surface area contributed by atoms with Crippen molar-refractivity contribution < 1.29 is 41.0 Å². The van der Waals surface area contributed by atoms with Gasteiger partial charge in [0.2, 0.25) is 17.7 Å². The van der Waals surface area contributed by atoms with Crippen molar-refractivity contribution >= 4 is 11.9 Å². The van der Waals surface area contributed by atoms with Gasteiger partial charge in [-0.25, -0.2) is 36.9 Å². The van der Waals surface area contributed by atoms with E-state index in [0.29, 0.717) is 0 Å². The van der Waals surface area contributed by atoms with Crippen LogP contribution in [0.25, 0.3) is 11.4 Å². The highest BCUT2D eigenvalue weighted by atomic mass is 19.2. The van der Waals surface area contributed by atoms with Gasteiger partial charge in [0.1, 0.15) is 0 Å². The van der Waals surface area contributed by atoms with Gasteiger partial charge in [-0.2, -0.15) is 10.5 Å². The maximum Gasteiger partial charge on any atom is 0.331 e. The van der Waals surface area contributed by atoms with Gasteiger partial charge >= 0.3 is 11.9 Å². The number of carbonyl (C=O) groups excluding carboxylic acids is 2. The molecule has 2 unspecified atom stereocenters. The number of carbonyl (C=O) groups is 2. The van der Waals surface area contributed by atoms with E-state index in [9.17, 15) is 42.1 Å². The molecule has 0 spiro atoms. The van der Waals surface area contributed by atoms with Crippen LogP contribution >= 0.6 is 0 Å². The lowest BCUT2D eigenvalue weighted by molar-refractivity contribution is -0.144. The van der Waals surface area contributed by atoms with Gasteiger partial charge in [0.15, 0.2) is 40.7 Å². The van der Waals surface area contributed by atoms with E-state index in [4.69, 9.17) is 0 Å². The first-order valence-electron chi connectivity index (χ1n) is 9.02. The van der Waals surface area contributed by atoms with Crippen LogP contribution in [0.5, 0.6) is 0 Å². The lowest BCUT2D eigenvalue weighted by Crippen LogP contribution is -2.23. The van der Waals surface area contributed by atoms with Crippen molar-refractivity contribution in [1.82, 2.24) is 15.0 Å². The molecule has 0 N–H and O–H groups in total. The predicted octanol–water partition coefficient (Wildman–Crippen LogP) is 2.57. The maximum absolute atomic E-state index is 14.3. The molecule has 0 radical (unpaired) electrons. The minimum Gasteiger partial charge on any atom is -0.465 e. The molecule has 1 aromatic heterocycles.